The van der Waals surface area contributed by atoms with E-state index in [-0.39, 0.29) is 23.5 Å². The monoisotopic (exact) mass is 289 g/mol. The van der Waals surface area contributed by atoms with Crippen molar-refractivity contribution in [3.05, 3.63) is 30.1 Å². The van der Waals surface area contributed by atoms with Gasteiger partial charge in [0.2, 0.25) is 0 Å². The van der Waals surface area contributed by atoms with Gasteiger partial charge in [-0.25, -0.2) is 0 Å². The highest BCUT2D eigenvalue weighted by Crippen LogP contribution is 2.31. The molecule has 21 heavy (non-hydrogen) atoms. The van der Waals surface area contributed by atoms with E-state index in [1.165, 1.54) is 6.92 Å². The zero-order valence-corrected chi connectivity index (χ0v) is 12.2. The van der Waals surface area contributed by atoms with Gasteiger partial charge in [-0.1, -0.05) is 6.07 Å². The molecular formula is C15H20BNO4. The third-order valence-corrected chi connectivity index (χ3v) is 3.72. The molecule has 0 aromatic carbocycles. The van der Waals surface area contributed by atoms with Crippen molar-refractivity contribution in [3.8, 4) is 0 Å². The summed E-state index contributed by atoms with van der Waals surface area (Å²) < 4.78 is 5.43. The summed E-state index contributed by atoms with van der Waals surface area (Å²) in [5.74, 6) is -0.0589. The van der Waals surface area contributed by atoms with Crippen molar-refractivity contribution in [2.24, 2.45) is 0 Å². The molecule has 0 radical (unpaired) electrons. The summed E-state index contributed by atoms with van der Waals surface area (Å²) in [6.45, 7) is 1.51. The minimum atomic E-state index is -0.957. The molecule has 1 saturated heterocycles. The average molecular weight is 289 g/mol. The van der Waals surface area contributed by atoms with Gasteiger partial charge in [-0.2, -0.15) is 0 Å². The van der Waals surface area contributed by atoms with Gasteiger partial charge in [0, 0.05) is 43.6 Å². The largest absolute Gasteiger partial charge is 0.458 e. The highest BCUT2D eigenvalue weighted by atomic mass is 16.5. The SMILES string of the molecule is CC(=O)C[C@@H]1CC[C@H](CC(=O)Cc2cccnc2)B(O)O1. The Hall–Kier alpha value is -1.53. The van der Waals surface area contributed by atoms with Crippen molar-refractivity contribution in [2.75, 3.05) is 0 Å². The van der Waals surface area contributed by atoms with Gasteiger partial charge in [-0.3, -0.25) is 14.6 Å². The second kappa shape index (κ2) is 7.47. The van der Waals surface area contributed by atoms with Crippen molar-refractivity contribution in [1.29, 1.82) is 0 Å². The van der Waals surface area contributed by atoms with E-state index in [0.717, 1.165) is 5.56 Å². The standard InChI is InChI=1S/C15H20BNO4/c1-11(18)7-15-5-4-13(16(20)21-15)9-14(19)8-12-3-2-6-17-10-12/h2-3,6,10,13,15,20H,4-5,7-9H2,1H3/t13-,15+/m1/s1. The fourth-order valence-corrected chi connectivity index (χ4v) is 2.69. The summed E-state index contributed by atoms with van der Waals surface area (Å²) in [5, 5.41) is 9.97. The molecule has 112 valence electrons. The number of pyridine rings is 1. The van der Waals surface area contributed by atoms with Crippen LogP contribution in [-0.4, -0.2) is 34.8 Å². The fraction of sp³-hybridized carbons (Fsp3) is 0.533. The van der Waals surface area contributed by atoms with Crippen molar-refractivity contribution in [1.82, 2.24) is 4.98 Å². The molecule has 1 N–H and O–H groups in total. The molecule has 0 unspecified atom stereocenters. The van der Waals surface area contributed by atoms with Gasteiger partial charge in [0.05, 0.1) is 0 Å². The summed E-state index contributed by atoms with van der Waals surface area (Å²) in [5.41, 5.74) is 0.878. The molecule has 6 heteroatoms. The van der Waals surface area contributed by atoms with Crippen LogP contribution in [-0.2, 0) is 20.7 Å². The lowest BCUT2D eigenvalue weighted by molar-refractivity contribution is -0.120. The van der Waals surface area contributed by atoms with Crippen molar-refractivity contribution in [3.63, 3.8) is 0 Å². The fourth-order valence-electron chi connectivity index (χ4n) is 2.69. The maximum Gasteiger partial charge on any atom is 0.458 e. The number of Topliss-reactive ketones (excluding diaryl/α,β-unsaturated/α-hetero) is 2. The molecule has 1 aromatic heterocycles. The van der Waals surface area contributed by atoms with Crippen LogP contribution < -0.4 is 0 Å². The molecule has 0 aliphatic carbocycles. The molecule has 2 heterocycles. The highest BCUT2D eigenvalue weighted by Gasteiger charge is 2.36. The molecular weight excluding hydrogens is 269 g/mol. The number of aromatic nitrogens is 1. The summed E-state index contributed by atoms with van der Waals surface area (Å²) in [6, 6.07) is 3.66. The predicted octanol–water partition coefficient (Wildman–Crippen LogP) is 1.59. The maximum absolute atomic E-state index is 12.0. The maximum atomic E-state index is 12.0. The van der Waals surface area contributed by atoms with E-state index in [0.29, 0.717) is 32.1 Å². The molecule has 1 aliphatic heterocycles. The number of carbonyl (C=O) groups excluding carboxylic acids is 2. The van der Waals surface area contributed by atoms with Crippen LogP contribution in [0, 0.1) is 0 Å². The highest BCUT2D eigenvalue weighted by molar-refractivity contribution is 6.45. The Morgan fingerprint density at radius 1 is 1.43 bits per heavy atom. The van der Waals surface area contributed by atoms with E-state index in [1.54, 1.807) is 18.5 Å². The van der Waals surface area contributed by atoms with Gasteiger partial charge in [0.15, 0.2) is 0 Å². The Balaban J connectivity index is 1.81. The van der Waals surface area contributed by atoms with Crippen LogP contribution in [0.15, 0.2) is 24.5 Å². The first kappa shape index (κ1) is 15.9. The van der Waals surface area contributed by atoms with Crippen molar-refractivity contribution < 1.29 is 19.3 Å². The van der Waals surface area contributed by atoms with Gasteiger partial charge in [-0.15, -0.1) is 0 Å². The van der Waals surface area contributed by atoms with Gasteiger partial charge in [-0.05, 0) is 31.4 Å². The lowest BCUT2D eigenvalue weighted by Crippen LogP contribution is -2.37. The van der Waals surface area contributed by atoms with E-state index in [2.05, 4.69) is 4.98 Å². The third-order valence-electron chi connectivity index (χ3n) is 3.72. The number of hydrogen-bond acceptors (Lipinski definition) is 5. The van der Waals surface area contributed by atoms with Gasteiger partial charge in [0.25, 0.3) is 0 Å². The lowest BCUT2D eigenvalue weighted by atomic mass is 9.64. The van der Waals surface area contributed by atoms with Gasteiger partial charge < -0.3 is 9.68 Å². The first-order valence-corrected chi connectivity index (χ1v) is 7.28. The van der Waals surface area contributed by atoms with E-state index in [4.69, 9.17) is 4.65 Å². The molecule has 5 nitrogen and oxygen atoms in total. The third kappa shape index (κ3) is 5.06. The summed E-state index contributed by atoms with van der Waals surface area (Å²) in [4.78, 5) is 27.1. The molecule has 0 bridgehead atoms. The van der Waals surface area contributed by atoms with Crippen LogP contribution in [0.2, 0.25) is 5.82 Å². The van der Waals surface area contributed by atoms with Gasteiger partial charge in [0.1, 0.15) is 11.6 Å². The normalized spacial score (nSPS) is 22.1. The second-order valence-electron chi connectivity index (χ2n) is 5.67. The van der Waals surface area contributed by atoms with E-state index < -0.39 is 7.12 Å². The molecule has 0 saturated carbocycles. The van der Waals surface area contributed by atoms with Crippen LogP contribution in [0.5, 0.6) is 0 Å². The van der Waals surface area contributed by atoms with E-state index >= 15 is 0 Å². The zero-order valence-electron chi connectivity index (χ0n) is 12.2. The first-order valence-electron chi connectivity index (χ1n) is 7.28. The number of nitrogens with zero attached hydrogens (tertiary/aromatic N) is 1. The Labute approximate surface area is 124 Å². The lowest BCUT2D eigenvalue weighted by Gasteiger charge is -2.30. The molecule has 1 aromatic rings. The number of hydrogen-bond donors (Lipinski definition) is 1. The second-order valence-corrected chi connectivity index (χ2v) is 5.67. The van der Waals surface area contributed by atoms with E-state index in [1.807, 2.05) is 6.07 Å². The molecule has 0 amide bonds. The van der Waals surface area contributed by atoms with Crippen LogP contribution in [0.4, 0.5) is 0 Å². The number of carbonyl (C=O) groups is 2. The van der Waals surface area contributed by atoms with Gasteiger partial charge >= 0.3 is 7.12 Å². The number of ketones is 2. The summed E-state index contributed by atoms with van der Waals surface area (Å²) in [7, 11) is -0.957. The van der Waals surface area contributed by atoms with Crippen LogP contribution >= 0.6 is 0 Å². The Morgan fingerprint density at radius 3 is 2.86 bits per heavy atom. The number of rotatable bonds is 6. The summed E-state index contributed by atoms with van der Waals surface area (Å²) >= 11 is 0. The van der Waals surface area contributed by atoms with Crippen molar-refractivity contribution >= 4 is 18.7 Å². The molecule has 2 atom stereocenters. The average Bonchev–Trinajstić information content (AvgIpc) is 2.42. The van der Waals surface area contributed by atoms with Crippen LogP contribution in [0.25, 0.3) is 0 Å². The van der Waals surface area contributed by atoms with Crippen LogP contribution in [0.3, 0.4) is 0 Å². The van der Waals surface area contributed by atoms with Crippen LogP contribution in [0.1, 0.15) is 38.2 Å². The molecule has 1 aliphatic rings. The Bertz CT molecular complexity index is 494. The van der Waals surface area contributed by atoms with E-state index in [9.17, 15) is 14.6 Å². The quantitative estimate of drug-likeness (QED) is 0.805. The minimum Gasteiger partial charge on any atom is -0.427 e. The topological polar surface area (TPSA) is 76.5 Å². The summed E-state index contributed by atoms with van der Waals surface area (Å²) in [6.07, 6.45) is 5.49. The Kier molecular flexibility index (Phi) is 5.64. The molecule has 0 spiro atoms. The Morgan fingerprint density at radius 2 is 2.24 bits per heavy atom. The molecule has 2 rings (SSSR count). The minimum absolute atomic E-state index is 0.0540. The molecule has 1 fully saturated rings. The predicted molar refractivity (Wildman–Crippen MR) is 78.7 cm³/mol. The smallest absolute Gasteiger partial charge is 0.427 e. The first-order chi connectivity index (χ1) is 10.0. The zero-order chi connectivity index (χ0) is 15.2. The van der Waals surface area contributed by atoms with Crippen molar-refractivity contribution in [2.45, 2.75) is 50.9 Å².